The summed E-state index contributed by atoms with van der Waals surface area (Å²) in [6, 6.07) is 10.8. The number of methoxy groups -OCH3 is 3. The highest BCUT2D eigenvalue weighted by Gasteiger charge is 2.40. The number of nitrogens with one attached hydrogen (secondary N) is 1. The van der Waals surface area contributed by atoms with Crippen LogP contribution in [0.25, 0.3) is 10.9 Å². The van der Waals surface area contributed by atoms with Gasteiger partial charge in [-0.2, -0.15) is 0 Å². The lowest BCUT2D eigenvalue weighted by Gasteiger charge is -2.38. The summed E-state index contributed by atoms with van der Waals surface area (Å²) in [7, 11) is 4.79. The highest BCUT2D eigenvalue weighted by Crippen LogP contribution is 2.43. The summed E-state index contributed by atoms with van der Waals surface area (Å²) in [4.78, 5) is 31.4. The fourth-order valence-electron chi connectivity index (χ4n) is 4.61. The number of carbonyl (C=O) groups is 1. The minimum absolute atomic E-state index is 0.0583. The highest BCUT2D eigenvalue weighted by atomic mass is 16.5. The molecule has 32 heavy (non-hydrogen) atoms. The molecule has 0 unspecified atom stereocenters. The van der Waals surface area contributed by atoms with Crippen LogP contribution in [0.5, 0.6) is 17.2 Å². The Balaban J connectivity index is 1.70. The molecule has 7 heteroatoms. The lowest BCUT2D eigenvalue weighted by atomic mass is 9.87. The van der Waals surface area contributed by atoms with E-state index in [4.69, 9.17) is 14.2 Å². The molecule has 2 heterocycles. The largest absolute Gasteiger partial charge is 0.497 e. The second-order valence-electron chi connectivity index (χ2n) is 8.37. The number of ether oxygens (including phenoxy) is 3. The highest BCUT2D eigenvalue weighted by molar-refractivity contribution is 5.84. The van der Waals surface area contributed by atoms with Gasteiger partial charge in [0, 0.05) is 24.1 Å². The molecule has 0 bridgehead atoms. The molecule has 7 nitrogen and oxygen atoms in total. The van der Waals surface area contributed by atoms with E-state index < -0.39 is 6.04 Å². The van der Waals surface area contributed by atoms with Crippen molar-refractivity contribution in [2.75, 3.05) is 27.9 Å². The van der Waals surface area contributed by atoms with Crippen molar-refractivity contribution in [3.8, 4) is 17.2 Å². The second kappa shape index (κ2) is 7.89. The summed E-state index contributed by atoms with van der Waals surface area (Å²) in [5.41, 5.74) is 2.99. The Labute approximate surface area is 185 Å². The summed E-state index contributed by atoms with van der Waals surface area (Å²) < 4.78 is 16.3. The summed E-state index contributed by atoms with van der Waals surface area (Å²) in [5, 5.41) is 0.881. The zero-order chi connectivity index (χ0) is 22.4. The molecular weight excluding hydrogens is 408 g/mol. The first kappa shape index (κ1) is 20.4. The molecule has 0 spiro atoms. The number of aromatic amines is 1. The van der Waals surface area contributed by atoms with Crippen molar-refractivity contribution in [3.05, 3.63) is 63.4 Å². The SMILES string of the molecule is COc1ccc2cc([C@H]3c4cc(OC)c(OC)cc4CCN3C(=O)C3CC3)c(=O)[nH]c2c1. The zero-order valence-electron chi connectivity index (χ0n) is 18.4. The Hall–Kier alpha value is -3.48. The smallest absolute Gasteiger partial charge is 0.254 e. The fraction of sp³-hybridized carbons (Fsp3) is 0.360. The van der Waals surface area contributed by atoms with Crippen molar-refractivity contribution < 1.29 is 19.0 Å². The molecule has 1 saturated carbocycles. The van der Waals surface area contributed by atoms with E-state index in [0.29, 0.717) is 41.3 Å². The molecule has 5 rings (SSSR count). The fourth-order valence-corrected chi connectivity index (χ4v) is 4.61. The lowest BCUT2D eigenvalue weighted by molar-refractivity contribution is -0.134. The molecule has 0 saturated heterocycles. The Morgan fingerprint density at radius 1 is 0.969 bits per heavy atom. The van der Waals surface area contributed by atoms with Crippen LogP contribution >= 0.6 is 0 Å². The Morgan fingerprint density at radius 3 is 2.41 bits per heavy atom. The van der Waals surface area contributed by atoms with Gasteiger partial charge in [0.2, 0.25) is 5.91 Å². The molecular formula is C25H26N2O5. The maximum atomic E-state index is 13.3. The van der Waals surface area contributed by atoms with Gasteiger partial charge < -0.3 is 24.1 Å². The quantitative estimate of drug-likeness (QED) is 0.665. The van der Waals surface area contributed by atoms with Crippen molar-refractivity contribution >= 4 is 16.8 Å². The monoisotopic (exact) mass is 434 g/mol. The minimum atomic E-state index is -0.484. The van der Waals surface area contributed by atoms with Crippen LogP contribution < -0.4 is 19.8 Å². The number of amides is 1. The van der Waals surface area contributed by atoms with Gasteiger partial charge in [-0.3, -0.25) is 9.59 Å². The van der Waals surface area contributed by atoms with Crippen LogP contribution in [0.3, 0.4) is 0 Å². The number of pyridine rings is 1. The Bertz CT molecular complexity index is 1260. The van der Waals surface area contributed by atoms with E-state index in [0.717, 1.165) is 29.4 Å². The normalized spacial score (nSPS) is 17.7. The third kappa shape index (κ3) is 3.38. The van der Waals surface area contributed by atoms with Crippen molar-refractivity contribution in [3.63, 3.8) is 0 Å². The number of rotatable bonds is 5. The van der Waals surface area contributed by atoms with E-state index in [1.54, 1.807) is 27.4 Å². The summed E-state index contributed by atoms with van der Waals surface area (Å²) >= 11 is 0. The summed E-state index contributed by atoms with van der Waals surface area (Å²) in [6.45, 7) is 0.558. The van der Waals surface area contributed by atoms with Crippen LogP contribution in [0.4, 0.5) is 0 Å². The average Bonchev–Trinajstić information content (AvgIpc) is 3.66. The first-order valence-corrected chi connectivity index (χ1v) is 10.8. The molecule has 3 aromatic rings. The first-order chi connectivity index (χ1) is 15.5. The molecule has 1 aliphatic carbocycles. The van der Waals surface area contributed by atoms with Gasteiger partial charge in [0.15, 0.2) is 11.5 Å². The van der Waals surface area contributed by atoms with Crippen molar-refractivity contribution in [1.29, 1.82) is 0 Å². The van der Waals surface area contributed by atoms with Gasteiger partial charge in [-0.1, -0.05) is 0 Å². The first-order valence-electron chi connectivity index (χ1n) is 10.8. The lowest BCUT2D eigenvalue weighted by Crippen LogP contribution is -2.43. The Kier molecular flexibility index (Phi) is 5.04. The van der Waals surface area contributed by atoms with E-state index in [1.807, 2.05) is 35.2 Å². The maximum Gasteiger partial charge on any atom is 0.254 e. The predicted molar refractivity (Wildman–Crippen MR) is 121 cm³/mol. The van der Waals surface area contributed by atoms with Crippen molar-refractivity contribution in [2.45, 2.75) is 25.3 Å². The summed E-state index contributed by atoms with van der Waals surface area (Å²) in [5.74, 6) is 2.07. The van der Waals surface area contributed by atoms with Gasteiger partial charge in [0.25, 0.3) is 5.56 Å². The van der Waals surface area contributed by atoms with Crippen LogP contribution in [0.15, 0.2) is 41.2 Å². The van der Waals surface area contributed by atoms with Gasteiger partial charge in [-0.25, -0.2) is 0 Å². The van der Waals surface area contributed by atoms with Crippen LogP contribution in [-0.4, -0.2) is 43.7 Å². The molecule has 1 amide bonds. The standard InChI is InChI=1S/C25H26N2O5/c1-30-17-7-6-16-10-19(24(28)26-20(16)12-17)23-18-13-22(32-3)21(31-2)11-15(18)8-9-27(23)25(29)14-4-5-14/h6-7,10-14,23H,4-5,8-9H2,1-3H3,(H,26,28)/t23-/m1/s1. The number of hydrogen-bond acceptors (Lipinski definition) is 5. The van der Waals surface area contributed by atoms with Crippen molar-refractivity contribution in [1.82, 2.24) is 9.88 Å². The number of benzene rings is 2. The van der Waals surface area contributed by atoms with Crippen LogP contribution in [0, 0.1) is 5.92 Å². The Morgan fingerprint density at radius 2 is 1.72 bits per heavy atom. The van der Waals surface area contributed by atoms with Gasteiger partial charge in [-0.05, 0) is 66.1 Å². The van der Waals surface area contributed by atoms with Gasteiger partial charge in [-0.15, -0.1) is 0 Å². The molecule has 0 radical (unpaired) electrons. The molecule has 166 valence electrons. The molecule has 1 fully saturated rings. The number of fused-ring (bicyclic) bond motifs is 2. The molecule has 1 N–H and O–H groups in total. The van der Waals surface area contributed by atoms with E-state index in [1.165, 1.54) is 0 Å². The van der Waals surface area contributed by atoms with E-state index in [9.17, 15) is 9.59 Å². The van der Waals surface area contributed by atoms with Crippen LogP contribution in [-0.2, 0) is 11.2 Å². The van der Waals surface area contributed by atoms with E-state index in [-0.39, 0.29) is 17.4 Å². The third-order valence-electron chi connectivity index (χ3n) is 6.46. The molecule has 1 aromatic heterocycles. The molecule has 2 aliphatic rings. The molecule has 1 atom stereocenters. The van der Waals surface area contributed by atoms with Gasteiger partial charge in [0.05, 0.1) is 32.9 Å². The number of nitrogens with zero attached hydrogens (tertiary/aromatic N) is 1. The summed E-state index contributed by atoms with van der Waals surface area (Å²) in [6.07, 6.45) is 2.52. The minimum Gasteiger partial charge on any atom is -0.497 e. The van der Waals surface area contributed by atoms with Crippen molar-refractivity contribution in [2.24, 2.45) is 5.92 Å². The molecule has 1 aliphatic heterocycles. The zero-order valence-corrected chi connectivity index (χ0v) is 18.4. The van der Waals surface area contributed by atoms with Gasteiger partial charge in [0.1, 0.15) is 5.75 Å². The number of carbonyl (C=O) groups excluding carboxylic acids is 1. The topological polar surface area (TPSA) is 80.9 Å². The van der Waals surface area contributed by atoms with Crippen LogP contribution in [0.1, 0.15) is 35.6 Å². The number of hydrogen-bond donors (Lipinski definition) is 1. The second-order valence-corrected chi connectivity index (χ2v) is 8.37. The van der Waals surface area contributed by atoms with Crippen LogP contribution in [0.2, 0.25) is 0 Å². The number of aromatic nitrogens is 1. The van der Waals surface area contributed by atoms with Gasteiger partial charge >= 0.3 is 0 Å². The van der Waals surface area contributed by atoms with E-state index >= 15 is 0 Å². The average molecular weight is 434 g/mol. The number of H-pyrrole nitrogens is 1. The maximum absolute atomic E-state index is 13.3. The predicted octanol–water partition coefficient (Wildman–Crippen LogP) is 3.44. The third-order valence-corrected chi connectivity index (χ3v) is 6.46. The van der Waals surface area contributed by atoms with E-state index in [2.05, 4.69) is 4.98 Å². The molecule has 2 aromatic carbocycles.